The molecule has 1 aromatic heterocycles. The quantitative estimate of drug-likeness (QED) is 0.806. The van der Waals surface area contributed by atoms with E-state index in [9.17, 15) is 0 Å². The van der Waals surface area contributed by atoms with Gasteiger partial charge in [-0.25, -0.2) is 4.98 Å². The number of aromatic nitrogens is 2. The van der Waals surface area contributed by atoms with Gasteiger partial charge in [0.2, 0.25) is 5.13 Å². The monoisotopic (exact) mass is 211 g/mol. The second kappa shape index (κ2) is 3.17. The molecule has 0 amide bonds. The van der Waals surface area contributed by atoms with Crippen molar-refractivity contribution in [2.24, 2.45) is 0 Å². The van der Waals surface area contributed by atoms with Crippen LogP contribution < -0.4 is 5.32 Å². The number of rotatable bonds is 2. The van der Waals surface area contributed by atoms with E-state index in [1.165, 1.54) is 24.4 Å². The Hall–Kier alpha value is -0.680. The maximum Gasteiger partial charge on any atom is 0.202 e. The molecule has 3 atom stereocenters. The van der Waals surface area contributed by atoms with Crippen molar-refractivity contribution in [1.29, 1.82) is 0 Å². The fourth-order valence-electron chi connectivity index (χ4n) is 2.30. The summed E-state index contributed by atoms with van der Waals surface area (Å²) in [6.45, 7) is 1.92. The van der Waals surface area contributed by atoms with Crippen molar-refractivity contribution in [3.8, 4) is 0 Å². The molecule has 1 N–H and O–H groups in total. The summed E-state index contributed by atoms with van der Waals surface area (Å²) in [6, 6.07) is 0.459. The average molecular weight is 211 g/mol. The van der Waals surface area contributed by atoms with Crippen molar-refractivity contribution < 1.29 is 4.74 Å². The number of nitrogens with one attached hydrogen (secondary N) is 1. The van der Waals surface area contributed by atoms with Gasteiger partial charge in [-0.15, -0.1) is 0 Å². The molecule has 2 aliphatic rings. The van der Waals surface area contributed by atoms with E-state index in [1.807, 2.05) is 6.92 Å². The molecule has 2 fully saturated rings. The minimum Gasteiger partial charge on any atom is -0.373 e. The zero-order valence-electron chi connectivity index (χ0n) is 8.06. The van der Waals surface area contributed by atoms with Crippen LogP contribution in [0.4, 0.5) is 5.13 Å². The number of ether oxygens (including phenoxy) is 1. The van der Waals surface area contributed by atoms with Gasteiger partial charge in [-0.1, -0.05) is 0 Å². The van der Waals surface area contributed by atoms with Crippen molar-refractivity contribution in [1.82, 2.24) is 9.36 Å². The van der Waals surface area contributed by atoms with Crippen molar-refractivity contribution in [3.05, 3.63) is 5.82 Å². The largest absolute Gasteiger partial charge is 0.373 e. The van der Waals surface area contributed by atoms with Gasteiger partial charge in [0.25, 0.3) is 0 Å². The first-order valence-electron chi connectivity index (χ1n) is 5.03. The van der Waals surface area contributed by atoms with Crippen LogP contribution in [0, 0.1) is 6.92 Å². The van der Waals surface area contributed by atoms with Crippen molar-refractivity contribution in [2.75, 3.05) is 5.32 Å². The lowest BCUT2D eigenvalue weighted by atomic mass is 9.96. The van der Waals surface area contributed by atoms with Crippen LogP contribution >= 0.6 is 11.5 Å². The number of hydrogen-bond donors (Lipinski definition) is 1. The first-order valence-corrected chi connectivity index (χ1v) is 5.81. The van der Waals surface area contributed by atoms with Crippen LogP contribution in [0.25, 0.3) is 0 Å². The first kappa shape index (κ1) is 8.61. The highest BCUT2D eigenvalue weighted by molar-refractivity contribution is 7.09. The SMILES string of the molecule is Cc1nsc(N[C@H]2CC3CCC2O3)n1. The molecule has 2 unspecified atom stereocenters. The molecule has 0 aromatic carbocycles. The summed E-state index contributed by atoms with van der Waals surface area (Å²) in [6.07, 6.45) is 4.46. The average Bonchev–Trinajstić information content (AvgIpc) is 2.82. The number of hydrogen-bond acceptors (Lipinski definition) is 5. The maximum atomic E-state index is 5.76. The number of anilines is 1. The lowest BCUT2D eigenvalue weighted by molar-refractivity contribution is 0.102. The molecule has 2 saturated heterocycles. The third-order valence-electron chi connectivity index (χ3n) is 2.94. The fraction of sp³-hybridized carbons (Fsp3) is 0.778. The smallest absolute Gasteiger partial charge is 0.202 e. The molecule has 76 valence electrons. The Kier molecular flexibility index (Phi) is 1.95. The molecule has 3 rings (SSSR count). The Morgan fingerprint density at radius 1 is 1.50 bits per heavy atom. The summed E-state index contributed by atoms with van der Waals surface area (Å²) >= 11 is 1.44. The van der Waals surface area contributed by atoms with E-state index < -0.39 is 0 Å². The van der Waals surface area contributed by atoms with E-state index in [0.29, 0.717) is 18.2 Å². The van der Waals surface area contributed by atoms with Crippen LogP contribution in [0.3, 0.4) is 0 Å². The molecule has 2 aliphatic heterocycles. The van der Waals surface area contributed by atoms with Crippen LogP contribution in [-0.4, -0.2) is 27.6 Å². The Labute approximate surface area is 86.9 Å². The third kappa shape index (κ3) is 1.40. The molecule has 2 bridgehead atoms. The van der Waals surface area contributed by atoms with Gasteiger partial charge in [-0.2, -0.15) is 4.37 Å². The van der Waals surface area contributed by atoms with E-state index in [2.05, 4.69) is 14.7 Å². The third-order valence-corrected chi connectivity index (χ3v) is 3.68. The van der Waals surface area contributed by atoms with Gasteiger partial charge in [0.15, 0.2) is 0 Å². The summed E-state index contributed by atoms with van der Waals surface area (Å²) in [5.41, 5.74) is 0. The van der Waals surface area contributed by atoms with E-state index >= 15 is 0 Å². The molecular formula is C9H13N3OS. The van der Waals surface area contributed by atoms with E-state index in [0.717, 1.165) is 17.4 Å². The zero-order valence-corrected chi connectivity index (χ0v) is 8.88. The van der Waals surface area contributed by atoms with Gasteiger partial charge in [0, 0.05) is 11.5 Å². The van der Waals surface area contributed by atoms with Gasteiger partial charge in [0.05, 0.1) is 18.2 Å². The van der Waals surface area contributed by atoms with Crippen LogP contribution in [-0.2, 0) is 4.74 Å². The molecule has 0 saturated carbocycles. The van der Waals surface area contributed by atoms with Crippen molar-refractivity contribution in [3.63, 3.8) is 0 Å². The predicted octanol–water partition coefficient (Wildman–Crippen LogP) is 1.58. The lowest BCUT2D eigenvalue weighted by Gasteiger charge is -2.18. The van der Waals surface area contributed by atoms with Gasteiger partial charge in [0.1, 0.15) is 5.82 Å². The standard InChI is InChI=1S/C9H13N3OS/c1-5-10-9(14-12-5)11-7-4-6-2-3-8(7)13-6/h6-8H,2-4H2,1H3,(H,10,11,12)/t6?,7-,8?/m0/s1. The molecule has 0 aliphatic carbocycles. The highest BCUT2D eigenvalue weighted by Crippen LogP contribution is 2.36. The fourth-order valence-corrected chi connectivity index (χ4v) is 2.94. The molecule has 14 heavy (non-hydrogen) atoms. The summed E-state index contributed by atoms with van der Waals surface area (Å²) < 4.78 is 9.91. The molecular weight excluding hydrogens is 198 g/mol. The van der Waals surface area contributed by atoms with Crippen LogP contribution in [0.5, 0.6) is 0 Å². The summed E-state index contributed by atoms with van der Waals surface area (Å²) in [5.74, 6) is 0.849. The van der Waals surface area contributed by atoms with Crippen LogP contribution in [0.15, 0.2) is 0 Å². The second-order valence-corrected chi connectivity index (χ2v) is 4.76. The van der Waals surface area contributed by atoms with Crippen LogP contribution in [0.1, 0.15) is 25.1 Å². The summed E-state index contributed by atoms with van der Waals surface area (Å²) in [7, 11) is 0. The highest BCUT2D eigenvalue weighted by Gasteiger charge is 2.40. The number of fused-ring (bicyclic) bond motifs is 2. The lowest BCUT2D eigenvalue weighted by Crippen LogP contribution is -2.30. The minimum absolute atomic E-state index is 0.407. The Balaban J connectivity index is 1.68. The van der Waals surface area contributed by atoms with Gasteiger partial charge < -0.3 is 10.1 Å². The summed E-state index contributed by atoms with van der Waals surface area (Å²) in [5, 5.41) is 4.35. The Bertz CT molecular complexity index is 341. The van der Waals surface area contributed by atoms with Crippen molar-refractivity contribution in [2.45, 2.75) is 44.4 Å². The van der Waals surface area contributed by atoms with Crippen molar-refractivity contribution >= 4 is 16.7 Å². The minimum atomic E-state index is 0.407. The topological polar surface area (TPSA) is 47.0 Å². The number of nitrogens with zero attached hydrogens (tertiary/aromatic N) is 2. The van der Waals surface area contributed by atoms with Crippen LogP contribution in [0.2, 0.25) is 0 Å². The zero-order chi connectivity index (χ0) is 9.54. The molecule has 1 aromatic rings. The Morgan fingerprint density at radius 3 is 3.00 bits per heavy atom. The van der Waals surface area contributed by atoms with Gasteiger partial charge in [-0.05, 0) is 26.2 Å². The molecule has 3 heterocycles. The normalized spacial score (nSPS) is 35.1. The molecule has 4 nitrogen and oxygen atoms in total. The van der Waals surface area contributed by atoms with E-state index in [4.69, 9.17) is 4.74 Å². The molecule has 0 radical (unpaired) electrons. The Morgan fingerprint density at radius 2 is 2.43 bits per heavy atom. The molecule has 0 spiro atoms. The summed E-state index contributed by atoms with van der Waals surface area (Å²) in [4.78, 5) is 4.30. The molecule has 5 heteroatoms. The maximum absolute atomic E-state index is 5.76. The number of aryl methyl sites for hydroxylation is 1. The highest BCUT2D eigenvalue weighted by atomic mass is 32.1. The second-order valence-electron chi connectivity index (χ2n) is 4.01. The predicted molar refractivity (Wildman–Crippen MR) is 54.6 cm³/mol. The van der Waals surface area contributed by atoms with E-state index in [-0.39, 0.29) is 0 Å². The van der Waals surface area contributed by atoms with Gasteiger partial charge in [-0.3, -0.25) is 0 Å². The van der Waals surface area contributed by atoms with Gasteiger partial charge >= 0.3 is 0 Å². The first-order chi connectivity index (χ1) is 6.81. The van der Waals surface area contributed by atoms with E-state index in [1.54, 1.807) is 0 Å².